The number of benzene rings is 1. The van der Waals surface area contributed by atoms with E-state index in [1.54, 1.807) is 18.2 Å². The van der Waals surface area contributed by atoms with Gasteiger partial charge in [-0.15, -0.1) is 11.6 Å². The van der Waals surface area contributed by atoms with Gasteiger partial charge in [-0.2, -0.15) is 0 Å². The van der Waals surface area contributed by atoms with Crippen molar-refractivity contribution in [3.63, 3.8) is 0 Å². The molecule has 0 aliphatic heterocycles. The van der Waals surface area contributed by atoms with E-state index in [2.05, 4.69) is 19.2 Å². The fourth-order valence-electron chi connectivity index (χ4n) is 1.82. The smallest absolute Gasteiger partial charge is 0.251 e. The number of amides is 1. The number of hydrogen-bond donors (Lipinski definition) is 1. The second-order valence-electron chi connectivity index (χ2n) is 4.76. The molecular formula is C14H19Cl2NO. The van der Waals surface area contributed by atoms with Crippen LogP contribution in [0, 0.1) is 12.8 Å². The molecule has 0 radical (unpaired) electrons. The molecule has 18 heavy (non-hydrogen) atoms. The minimum atomic E-state index is -0.0621. The van der Waals surface area contributed by atoms with Crippen molar-refractivity contribution in [2.45, 2.75) is 33.2 Å². The van der Waals surface area contributed by atoms with Crippen molar-refractivity contribution >= 4 is 29.1 Å². The molecule has 1 amide bonds. The van der Waals surface area contributed by atoms with Gasteiger partial charge in [0.1, 0.15) is 0 Å². The van der Waals surface area contributed by atoms with Gasteiger partial charge in [0.2, 0.25) is 0 Å². The van der Waals surface area contributed by atoms with Crippen LogP contribution >= 0.6 is 23.2 Å². The summed E-state index contributed by atoms with van der Waals surface area (Å²) in [7, 11) is 0. The van der Waals surface area contributed by atoms with Crippen LogP contribution in [0.3, 0.4) is 0 Å². The van der Waals surface area contributed by atoms with E-state index >= 15 is 0 Å². The van der Waals surface area contributed by atoms with Crippen molar-refractivity contribution < 1.29 is 4.79 Å². The first-order chi connectivity index (χ1) is 8.45. The lowest BCUT2D eigenvalue weighted by molar-refractivity contribution is 0.0924. The molecule has 0 heterocycles. The molecule has 4 heteroatoms. The largest absolute Gasteiger partial charge is 0.349 e. The van der Waals surface area contributed by atoms with Crippen molar-refractivity contribution in [3.05, 3.63) is 34.3 Å². The first-order valence-corrected chi connectivity index (χ1v) is 7.00. The van der Waals surface area contributed by atoms with Crippen LogP contribution in [0.2, 0.25) is 5.02 Å². The fourth-order valence-corrected chi connectivity index (χ4v) is 2.28. The van der Waals surface area contributed by atoms with E-state index in [0.717, 1.165) is 12.0 Å². The molecule has 100 valence electrons. The summed E-state index contributed by atoms with van der Waals surface area (Å²) in [5, 5.41) is 3.67. The van der Waals surface area contributed by atoms with Crippen molar-refractivity contribution in [2.24, 2.45) is 5.92 Å². The summed E-state index contributed by atoms with van der Waals surface area (Å²) in [6.07, 6.45) is 0.775. The van der Waals surface area contributed by atoms with Crippen molar-refractivity contribution in [3.8, 4) is 0 Å². The predicted octanol–water partition coefficient (Wildman–Crippen LogP) is 4.03. The Kier molecular flexibility index (Phi) is 5.97. The molecule has 0 aliphatic rings. The van der Waals surface area contributed by atoms with E-state index in [-0.39, 0.29) is 11.9 Å². The summed E-state index contributed by atoms with van der Waals surface area (Å²) in [5.41, 5.74) is 1.55. The molecule has 1 unspecified atom stereocenters. The quantitative estimate of drug-likeness (QED) is 0.814. The number of aryl methyl sites for hydroxylation is 1. The zero-order valence-electron chi connectivity index (χ0n) is 11.0. The highest BCUT2D eigenvalue weighted by Crippen LogP contribution is 2.16. The van der Waals surface area contributed by atoms with E-state index in [0.29, 0.717) is 22.4 Å². The molecule has 0 aromatic heterocycles. The highest BCUT2D eigenvalue weighted by molar-refractivity contribution is 6.30. The van der Waals surface area contributed by atoms with Gasteiger partial charge in [0.05, 0.1) is 0 Å². The summed E-state index contributed by atoms with van der Waals surface area (Å²) in [6.45, 7) is 6.03. The number of alkyl halides is 1. The van der Waals surface area contributed by atoms with Crippen LogP contribution in [0.5, 0.6) is 0 Å². The zero-order chi connectivity index (χ0) is 13.7. The highest BCUT2D eigenvalue weighted by Gasteiger charge is 2.17. The summed E-state index contributed by atoms with van der Waals surface area (Å²) in [6, 6.07) is 5.38. The Labute approximate surface area is 119 Å². The second-order valence-corrected chi connectivity index (χ2v) is 5.58. The van der Waals surface area contributed by atoms with E-state index < -0.39 is 0 Å². The van der Waals surface area contributed by atoms with Gasteiger partial charge in [0.15, 0.2) is 0 Å². The van der Waals surface area contributed by atoms with Crippen molar-refractivity contribution in [2.75, 3.05) is 5.88 Å². The van der Waals surface area contributed by atoms with Gasteiger partial charge in [-0.25, -0.2) is 0 Å². The third-order valence-electron chi connectivity index (χ3n) is 2.97. The lowest BCUT2D eigenvalue weighted by Gasteiger charge is -2.22. The third-order valence-corrected chi connectivity index (χ3v) is 3.43. The van der Waals surface area contributed by atoms with Crippen LogP contribution < -0.4 is 5.32 Å². The topological polar surface area (TPSA) is 29.1 Å². The van der Waals surface area contributed by atoms with Gasteiger partial charge in [-0.3, -0.25) is 4.79 Å². The molecule has 0 spiro atoms. The standard InChI is InChI=1S/C14H19Cl2NO/c1-9(2)13(6-7-15)17-14(18)12-5-4-11(16)8-10(12)3/h4-5,8-9,13H,6-7H2,1-3H3,(H,17,18). The zero-order valence-corrected chi connectivity index (χ0v) is 12.5. The van der Waals surface area contributed by atoms with Gasteiger partial charge in [0, 0.05) is 22.5 Å². The van der Waals surface area contributed by atoms with Crippen LogP contribution in [0.1, 0.15) is 36.2 Å². The highest BCUT2D eigenvalue weighted by atomic mass is 35.5. The average Bonchev–Trinajstić information content (AvgIpc) is 2.27. The van der Waals surface area contributed by atoms with E-state index in [1.807, 2.05) is 6.92 Å². The molecule has 1 N–H and O–H groups in total. The van der Waals surface area contributed by atoms with Gasteiger partial charge in [-0.1, -0.05) is 25.4 Å². The molecule has 0 saturated carbocycles. The normalized spacial score (nSPS) is 12.6. The Bertz CT molecular complexity index is 418. The van der Waals surface area contributed by atoms with Crippen LogP contribution in [0.15, 0.2) is 18.2 Å². The Morgan fingerprint density at radius 1 is 1.39 bits per heavy atom. The van der Waals surface area contributed by atoms with Crippen LogP contribution in [-0.4, -0.2) is 17.8 Å². The first kappa shape index (κ1) is 15.3. The lowest BCUT2D eigenvalue weighted by atomic mass is 10.0. The summed E-state index contributed by atoms with van der Waals surface area (Å²) in [5.74, 6) is 0.844. The average molecular weight is 288 g/mol. The molecular weight excluding hydrogens is 269 g/mol. The van der Waals surface area contributed by atoms with Gasteiger partial charge in [0.25, 0.3) is 5.91 Å². The Morgan fingerprint density at radius 2 is 2.06 bits per heavy atom. The molecule has 1 rings (SSSR count). The Balaban J connectivity index is 2.80. The number of carbonyl (C=O) groups is 1. The third kappa shape index (κ3) is 4.18. The van der Waals surface area contributed by atoms with Crippen LogP contribution in [0.4, 0.5) is 0 Å². The van der Waals surface area contributed by atoms with Crippen molar-refractivity contribution in [1.29, 1.82) is 0 Å². The minimum Gasteiger partial charge on any atom is -0.349 e. The van der Waals surface area contributed by atoms with E-state index in [4.69, 9.17) is 23.2 Å². The van der Waals surface area contributed by atoms with Crippen molar-refractivity contribution in [1.82, 2.24) is 5.32 Å². The number of halogens is 2. The fraction of sp³-hybridized carbons (Fsp3) is 0.500. The lowest BCUT2D eigenvalue weighted by Crippen LogP contribution is -2.39. The van der Waals surface area contributed by atoms with Gasteiger partial charge >= 0.3 is 0 Å². The second kappa shape index (κ2) is 7.01. The molecule has 0 bridgehead atoms. The Hall–Kier alpha value is -0.730. The predicted molar refractivity (Wildman–Crippen MR) is 77.6 cm³/mol. The minimum absolute atomic E-state index is 0.0621. The van der Waals surface area contributed by atoms with Crippen LogP contribution in [0.25, 0.3) is 0 Å². The molecule has 1 aromatic carbocycles. The molecule has 1 aromatic rings. The molecule has 0 fully saturated rings. The number of rotatable bonds is 5. The molecule has 0 aliphatic carbocycles. The number of carbonyl (C=O) groups excluding carboxylic acids is 1. The van der Waals surface area contributed by atoms with Crippen LogP contribution in [-0.2, 0) is 0 Å². The molecule has 2 nitrogen and oxygen atoms in total. The van der Waals surface area contributed by atoms with Gasteiger partial charge < -0.3 is 5.32 Å². The van der Waals surface area contributed by atoms with E-state index in [9.17, 15) is 4.79 Å². The maximum atomic E-state index is 12.2. The SMILES string of the molecule is Cc1cc(Cl)ccc1C(=O)NC(CCCl)C(C)C. The summed E-state index contributed by atoms with van der Waals surface area (Å²) < 4.78 is 0. The monoisotopic (exact) mass is 287 g/mol. The first-order valence-electron chi connectivity index (χ1n) is 6.08. The molecule has 1 atom stereocenters. The Morgan fingerprint density at radius 3 is 2.56 bits per heavy atom. The van der Waals surface area contributed by atoms with Gasteiger partial charge in [-0.05, 0) is 43.0 Å². The maximum Gasteiger partial charge on any atom is 0.251 e. The summed E-state index contributed by atoms with van der Waals surface area (Å²) in [4.78, 5) is 12.2. The maximum absolute atomic E-state index is 12.2. The summed E-state index contributed by atoms with van der Waals surface area (Å²) >= 11 is 11.6. The molecule has 0 saturated heterocycles. The van der Waals surface area contributed by atoms with E-state index in [1.165, 1.54) is 0 Å². The number of nitrogens with one attached hydrogen (secondary N) is 1. The number of hydrogen-bond acceptors (Lipinski definition) is 1.